The number of benzene rings is 3. The van der Waals surface area contributed by atoms with Crippen molar-refractivity contribution in [2.75, 3.05) is 5.32 Å². The van der Waals surface area contributed by atoms with Crippen molar-refractivity contribution in [2.24, 2.45) is 11.5 Å². The van der Waals surface area contributed by atoms with E-state index < -0.39 is 46.8 Å². The number of amides is 2. The highest BCUT2D eigenvalue weighted by molar-refractivity contribution is 6.06. The molecule has 3 aromatic carbocycles. The van der Waals surface area contributed by atoms with Crippen LogP contribution in [0.15, 0.2) is 54.6 Å². The lowest BCUT2D eigenvalue weighted by molar-refractivity contribution is -0.137. The van der Waals surface area contributed by atoms with Crippen LogP contribution in [0, 0.1) is 18.6 Å². The minimum absolute atomic E-state index is 0.00708. The topological polar surface area (TPSA) is 107 Å². The molecule has 0 aliphatic heterocycles. The Morgan fingerprint density at radius 3 is 2.31 bits per heavy atom. The number of primary amides is 1. The summed E-state index contributed by atoms with van der Waals surface area (Å²) in [4.78, 5) is 24.1. The van der Waals surface area contributed by atoms with E-state index in [1.807, 2.05) is 0 Å². The summed E-state index contributed by atoms with van der Waals surface area (Å²) in [6.45, 7) is 1.53. The maximum absolute atomic E-state index is 14.2. The molecule has 0 spiro atoms. The zero-order valence-corrected chi connectivity index (χ0v) is 18.2. The number of nitrogens with two attached hydrogens (primary N) is 2. The number of nitrogens with one attached hydrogen (secondary N) is 1. The van der Waals surface area contributed by atoms with E-state index in [0.29, 0.717) is 11.6 Å². The second-order valence-electron chi connectivity index (χ2n) is 7.69. The average molecular weight is 493 g/mol. The van der Waals surface area contributed by atoms with Crippen LogP contribution in [-0.2, 0) is 11.0 Å². The molecule has 1 atom stereocenters. The minimum atomic E-state index is -4.75. The van der Waals surface area contributed by atoms with E-state index in [-0.39, 0.29) is 29.2 Å². The number of carbonyl (C=O) groups is 2. The van der Waals surface area contributed by atoms with Gasteiger partial charge in [-0.1, -0.05) is 0 Å². The molecule has 3 rings (SSSR count). The van der Waals surface area contributed by atoms with Gasteiger partial charge in [-0.3, -0.25) is 9.59 Å². The lowest BCUT2D eigenvalue weighted by atomic mass is 10.0. The van der Waals surface area contributed by atoms with Crippen LogP contribution in [0.25, 0.3) is 0 Å². The summed E-state index contributed by atoms with van der Waals surface area (Å²) in [7, 11) is 0. The number of rotatable bonds is 7. The highest BCUT2D eigenvalue weighted by atomic mass is 19.4. The van der Waals surface area contributed by atoms with Crippen LogP contribution in [0.3, 0.4) is 0 Å². The van der Waals surface area contributed by atoms with Crippen LogP contribution >= 0.6 is 0 Å². The molecule has 0 fully saturated rings. The fourth-order valence-corrected chi connectivity index (χ4v) is 3.25. The van der Waals surface area contributed by atoms with E-state index >= 15 is 0 Å². The summed E-state index contributed by atoms with van der Waals surface area (Å²) >= 11 is 0. The monoisotopic (exact) mass is 493 g/mol. The third-order valence-corrected chi connectivity index (χ3v) is 4.98. The third-order valence-electron chi connectivity index (χ3n) is 4.98. The number of alkyl halides is 3. The number of hydrogen-bond acceptors (Lipinski definition) is 4. The standard InChI is InChI=1S/C24H20F5N3O3/c1-12-8-14(25)3-7-20(12)35-21-6-2-13(24(27,28)29)9-17(21)23(34)32-15-4-5-18(26)16(10-15)19(30)11-22(31)33/h2-10,19H,11,30H2,1H3,(H2,31,33)(H,32,34). The molecule has 0 aromatic heterocycles. The molecule has 2 amide bonds. The fourth-order valence-electron chi connectivity index (χ4n) is 3.25. The van der Waals surface area contributed by atoms with E-state index in [9.17, 15) is 31.5 Å². The summed E-state index contributed by atoms with van der Waals surface area (Å²) in [6, 6.07) is 8.06. The SMILES string of the molecule is Cc1cc(F)ccc1Oc1ccc(C(F)(F)F)cc1C(=O)Nc1ccc(F)c(C(N)CC(N)=O)c1. The van der Waals surface area contributed by atoms with Gasteiger partial charge in [-0.05, 0) is 67.1 Å². The van der Waals surface area contributed by atoms with Crippen molar-refractivity contribution < 1.29 is 36.3 Å². The number of anilines is 1. The normalized spacial score (nSPS) is 12.2. The van der Waals surface area contributed by atoms with Gasteiger partial charge in [0.1, 0.15) is 23.1 Å². The van der Waals surface area contributed by atoms with E-state index in [0.717, 1.165) is 36.4 Å². The fraction of sp³-hybridized carbons (Fsp3) is 0.167. The van der Waals surface area contributed by atoms with Crippen molar-refractivity contribution in [1.82, 2.24) is 0 Å². The minimum Gasteiger partial charge on any atom is -0.456 e. The Bertz CT molecular complexity index is 1280. The molecule has 5 N–H and O–H groups in total. The van der Waals surface area contributed by atoms with Gasteiger partial charge in [0.05, 0.1) is 11.1 Å². The Labute approximate surface area is 196 Å². The van der Waals surface area contributed by atoms with Gasteiger partial charge in [0.25, 0.3) is 5.91 Å². The molecule has 0 bridgehead atoms. The zero-order valence-electron chi connectivity index (χ0n) is 18.2. The Hall–Kier alpha value is -3.99. The van der Waals surface area contributed by atoms with Gasteiger partial charge in [-0.2, -0.15) is 13.2 Å². The second kappa shape index (κ2) is 10.1. The van der Waals surface area contributed by atoms with Gasteiger partial charge in [0, 0.05) is 23.7 Å². The Morgan fingerprint density at radius 1 is 1.00 bits per heavy atom. The van der Waals surface area contributed by atoms with Crippen molar-refractivity contribution in [3.63, 3.8) is 0 Å². The molecule has 6 nitrogen and oxygen atoms in total. The first kappa shape index (κ1) is 25.6. The summed E-state index contributed by atoms with van der Waals surface area (Å²) < 4.78 is 73.1. The van der Waals surface area contributed by atoms with E-state index in [1.54, 1.807) is 0 Å². The van der Waals surface area contributed by atoms with Gasteiger partial charge >= 0.3 is 6.18 Å². The third kappa shape index (κ3) is 6.33. The van der Waals surface area contributed by atoms with Crippen molar-refractivity contribution in [3.8, 4) is 11.5 Å². The molecule has 0 saturated carbocycles. The summed E-state index contributed by atoms with van der Waals surface area (Å²) in [5.41, 5.74) is 9.53. The highest BCUT2D eigenvalue weighted by Crippen LogP contribution is 2.35. The predicted molar refractivity (Wildman–Crippen MR) is 118 cm³/mol. The molecule has 3 aromatic rings. The molecular weight excluding hydrogens is 473 g/mol. The van der Waals surface area contributed by atoms with Crippen LogP contribution < -0.4 is 21.5 Å². The van der Waals surface area contributed by atoms with Gasteiger partial charge in [0.15, 0.2) is 0 Å². The lowest BCUT2D eigenvalue weighted by Crippen LogP contribution is -2.22. The van der Waals surface area contributed by atoms with Gasteiger partial charge < -0.3 is 21.5 Å². The van der Waals surface area contributed by atoms with Crippen molar-refractivity contribution in [2.45, 2.75) is 25.6 Å². The summed E-state index contributed by atoms with van der Waals surface area (Å²) in [6.07, 6.45) is -5.11. The van der Waals surface area contributed by atoms with E-state index in [2.05, 4.69) is 5.32 Å². The maximum atomic E-state index is 14.2. The number of aryl methyl sites for hydroxylation is 1. The average Bonchev–Trinajstić information content (AvgIpc) is 2.75. The maximum Gasteiger partial charge on any atom is 0.416 e. The van der Waals surface area contributed by atoms with Crippen LogP contribution in [0.1, 0.15) is 39.5 Å². The summed E-state index contributed by atoms with van der Waals surface area (Å²) in [5, 5.41) is 2.38. The van der Waals surface area contributed by atoms with Crippen molar-refractivity contribution in [1.29, 1.82) is 0 Å². The quantitative estimate of drug-likeness (QED) is 0.393. The van der Waals surface area contributed by atoms with Crippen molar-refractivity contribution >= 4 is 17.5 Å². The smallest absolute Gasteiger partial charge is 0.416 e. The molecule has 1 unspecified atom stereocenters. The first-order valence-corrected chi connectivity index (χ1v) is 10.1. The van der Waals surface area contributed by atoms with Crippen LogP contribution in [0.5, 0.6) is 11.5 Å². The van der Waals surface area contributed by atoms with Gasteiger partial charge in [0.2, 0.25) is 5.91 Å². The number of halogens is 5. The largest absolute Gasteiger partial charge is 0.456 e. The molecule has 0 aliphatic rings. The second-order valence-corrected chi connectivity index (χ2v) is 7.69. The van der Waals surface area contributed by atoms with Crippen LogP contribution in [-0.4, -0.2) is 11.8 Å². The van der Waals surface area contributed by atoms with Crippen molar-refractivity contribution in [3.05, 3.63) is 88.5 Å². The molecular formula is C24H20F5N3O3. The first-order valence-electron chi connectivity index (χ1n) is 10.1. The predicted octanol–water partition coefficient (Wildman–Crippen LogP) is 5.21. The Kier molecular flexibility index (Phi) is 7.39. The number of carbonyl (C=O) groups excluding carboxylic acids is 2. The molecule has 0 heterocycles. The molecule has 0 aliphatic carbocycles. The molecule has 11 heteroatoms. The highest BCUT2D eigenvalue weighted by Gasteiger charge is 2.32. The Morgan fingerprint density at radius 2 is 1.69 bits per heavy atom. The molecule has 0 radical (unpaired) electrons. The zero-order chi connectivity index (χ0) is 25.9. The van der Waals surface area contributed by atoms with Crippen LogP contribution in [0.2, 0.25) is 0 Å². The number of ether oxygens (including phenoxy) is 1. The van der Waals surface area contributed by atoms with Gasteiger partial charge in [-0.25, -0.2) is 8.78 Å². The number of hydrogen-bond donors (Lipinski definition) is 3. The Balaban J connectivity index is 1.97. The van der Waals surface area contributed by atoms with E-state index in [1.165, 1.54) is 19.1 Å². The van der Waals surface area contributed by atoms with E-state index in [4.69, 9.17) is 16.2 Å². The summed E-state index contributed by atoms with van der Waals surface area (Å²) in [5.74, 6) is -3.16. The van der Waals surface area contributed by atoms with Gasteiger partial charge in [-0.15, -0.1) is 0 Å². The lowest BCUT2D eigenvalue weighted by Gasteiger charge is -2.16. The van der Waals surface area contributed by atoms with Crippen LogP contribution in [0.4, 0.5) is 27.6 Å². The first-order chi connectivity index (χ1) is 16.3. The molecule has 35 heavy (non-hydrogen) atoms. The molecule has 184 valence electrons. The molecule has 0 saturated heterocycles.